The normalized spacial score (nSPS) is 11.1. The fourth-order valence-corrected chi connectivity index (χ4v) is 3.48. The van der Waals surface area contributed by atoms with E-state index in [0.29, 0.717) is 10.7 Å². The van der Waals surface area contributed by atoms with Crippen LogP contribution >= 0.6 is 11.6 Å². The number of nitrogens with zero attached hydrogens (tertiary/aromatic N) is 1. The first-order chi connectivity index (χ1) is 10.8. The third-order valence-corrected chi connectivity index (χ3v) is 5.26. The van der Waals surface area contributed by atoms with Gasteiger partial charge >= 0.3 is 5.97 Å². The first kappa shape index (κ1) is 17.3. The van der Waals surface area contributed by atoms with Crippen molar-refractivity contribution in [1.29, 1.82) is 0 Å². The lowest BCUT2D eigenvalue weighted by molar-refractivity contribution is -0.138. The highest BCUT2D eigenvalue weighted by molar-refractivity contribution is 7.92. The molecule has 0 amide bonds. The number of carbonyl (C=O) groups is 1. The number of hydrogen-bond acceptors (Lipinski definition) is 4. The van der Waals surface area contributed by atoms with E-state index in [2.05, 4.69) is 4.74 Å². The lowest BCUT2D eigenvalue weighted by atomic mass is 10.2. The van der Waals surface area contributed by atoms with Crippen molar-refractivity contribution in [3.63, 3.8) is 0 Å². The number of methoxy groups -OCH3 is 1. The summed E-state index contributed by atoms with van der Waals surface area (Å²) in [5.41, 5.74) is 1.37. The molecule has 23 heavy (non-hydrogen) atoms. The molecular formula is C16H16ClNO4S. The first-order valence-corrected chi connectivity index (χ1v) is 8.58. The zero-order valence-corrected chi connectivity index (χ0v) is 14.3. The van der Waals surface area contributed by atoms with E-state index in [1.807, 2.05) is 6.92 Å². The van der Waals surface area contributed by atoms with Crippen LogP contribution in [-0.2, 0) is 19.6 Å². The van der Waals surface area contributed by atoms with Gasteiger partial charge in [-0.3, -0.25) is 9.10 Å². The van der Waals surface area contributed by atoms with Crippen LogP contribution in [0.3, 0.4) is 0 Å². The van der Waals surface area contributed by atoms with Gasteiger partial charge in [0.25, 0.3) is 10.0 Å². The summed E-state index contributed by atoms with van der Waals surface area (Å²) in [5.74, 6) is -0.650. The van der Waals surface area contributed by atoms with Crippen LogP contribution in [0.15, 0.2) is 53.4 Å². The molecule has 0 aromatic heterocycles. The Labute approximate surface area is 140 Å². The van der Waals surface area contributed by atoms with E-state index in [9.17, 15) is 13.2 Å². The highest BCUT2D eigenvalue weighted by Gasteiger charge is 2.27. The molecule has 122 valence electrons. The van der Waals surface area contributed by atoms with Crippen molar-refractivity contribution in [3.05, 3.63) is 59.1 Å². The quantitative estimate of drug-likeness (QED) is 0.775. The third kappa shape index (κ3) is 4.03. The molecule has 2 aromatic carbocycles. The van der Waals surface area contributed by atoms with Crippen LogP contribution in [0.25, 0.3) is 0 Å². The Morgan fingerprint density at radius 3 is 2.17 bits per heavy atom. The molecular weight excluding hydrogens is 338 g/mol. The highest BCUT2D eigenvalue weighted by atomic mass is 35.5. The number of anilines is 1. The second-order valence-corrected chi connectivity index (χ2v) is 7.18. The van der Waals surface area contributed by atoms with Gasteiger partial charge in [-0.2, -0.15) is 0 Å². The van der Waals surface area contributed by atoms with Gasteiger partial charge in [0.2, 0.25) is 0 Å². The van der Waals surface area contributed by atoms with E-state index in [1.165, 1.54) is 31.4 Å². The molecule has 0 radical (unpaired) electrons. The van der Waals surface area contributed by atoms with Gasteiger partial charge in [-0.05, 0) is 43.3 Å². The van der Waals surface area contributed by atoms with Crippen molar-refractivity contribution in [2.24, 2.45) is 0 Å². The van der Waals surface area contributed by atoms with Crippen LogP contribution in [0.5, 0.6) is 0 Å². The van der Waals surface area contributed by atoms with Gasteiger partial charge in [-0.1, -0.05) is 29.3 Å². The minimum Gasteiger partial charge on any atom is -0.468 e. The van der Waals surface area contributed by atoms with Crippen molar-refractivity contribution < 1.29 is 17.9 Å². The molecule has 0 N–H and O–H groups in total. The van der Waals surface area contributed by atoms with Gasteiger partial charge in [-0.15, -0.1) is 0 Å². The molecule has 5 nitrogen and oxygen atoms in total. The second-order valence-electron chi connectivity index (χ2n) is 4.88. The Balaban J connectivity index is 2.49. The maximum Gasteiger partial charge on any atom is 0.326 e. The Kier molecular flexibility index (Phi) is 5.28. The van der Waals surface area contributed by atoms with E-state index in [1.54, 1.807) is 24.3 Å². The van der Waals surface area contributed by atoms with Crippen molar-refractivity contribution in [1.82, 2.24) is 0 Å². The largest absolute Gasteiger partial charge is 0.468 e. The number of benzene rings is 2. The lowest BCUT2D eigenvalue weighted by Crippen LogP contribution is -2.36. The average Bonchev–Trinajstić information content (AvgIpc) is 2.53. The Morgan fingerprint density at radius 2 is 1.65 bits per heavy atom. The number of rotatable bonds is 5. The minimum atomic E-state index is -3.92. The number of hydrogen-bond donors (Lipinski definition) is 0. The molecule has 0 aliphatic carbocycles. The molecule has 0 saturated carbocycles. The van der Waals surface area contributed by atoms with Crippen molar-refractivity contribution in [3.8, 4) is 0 Å². The van der Waals surface area contributed by atoms with Crippen LogP contribution in [0.2, 0.25) is 5.02 Å². The zero-order valence-electron chi connectivity index (χ0n) is 12.7. The molecule has 0 saturated heterocycles. The smallest absolute Gasteiger partial charge is 0.326 e. The zero-order chi connectivity index (χ0) is 17.0. The molecule has 0 aliphatic rings. The molecule has 0 aliphatic heterocycles. The lowest BCUT2D eigenvalue weighted by Gasteiger charge is -2.23. The first-order valence-electron chi connectivity index (χ1n) is 6.76. The van der Waals surface area contributed by atoms with Gasteiger partial charge in [0, 0.05) is 5.02 Å². The average molecular weight is 354 g/mol. The summed E-state index contributed by atoms with van der Waals surface area (Å²) in [5, 5.41) is 0.429. The summed E-state index contributed by atoms with van der Waals surface area (Å²) >= 11 is 5.80. The number of carbonyl (C=O) groups excluding carboxylic acids is 1. The number of ether oxygens (including phenoxy) is 1. The molecule has 2 aromatic rings. The van der Waals surface area contributed by atoms with Crippen molar-refractivity contribution in [2.45, 2.75) is 11.8 Å². The van der Waals surface area contributed by atoms with Crippen molar-refractivity contribution in [2.75, 3.05) is 18.0 Å². The van der Waals surface area contributed by atoms with Crippen LogP contribution in [0.4, 0.5) is 5.69 Å². The van der Waals surface area contributed by atoms with E-state index in [0.717, 1.165) is 9.87 Å². The molecule has 0 unspecified atom stereocenters. The number of aryl methyl sites for hydroxylation is 1. The van der Waals surface area contributed by atoms with Gasteiger partial charge in [0.1, 0.15) is 6.54 Å². The Morgan fingerprint density at radius 1 is 1.09 bits per heavy atom. The summed E-state index contributed by atoms with van der Waals surface area (Å²) in [6, 6.07) is 12.6. The monoisotopic (exact) mass is 353 g/mol. The third-order valence-electron chi connectivity index (χ3n) is 3.22. The van der Waals surface area contributed by atoms with Crippen LogP contribution < -0.4 is 4.31 Å². The number of sulfonamides is 1. The van der Waals surface area contributed by atoms with Gasteiger partial charge in [-0.25, -0.2) is 8.42 Å². The van der Waals surface area contributed by atoms with Crippen molar-refractivity contribution >= 4 is 33.3 Å². The SMILES string of the molecule is COC(=O)CN(c1ccc(C)cc1)S(=O)(=O)c1ccc(Cl)cc1. The molecule has 7 heteroatoms. The summed E-state index contributed by atoms with van der Waals surface area (Å²) in [6.07, 6.45) is 0. The summed E-state index contributed by atoms with van der Waals surface area (Å²) < 4.78 is 31.3. The molecule has 0 atom stereocenters. The standard InChI is InChI=1S/C16H16ClNO4S/c1-12-3-7-14(8-4-12)18(11-16(19)22-2)23(20,21)15-9-5-13(17)6-10-15/h3-10H,11H2,1-2H3. The predicted octanol–water partition coefficient (Wildman–Crippen LogP) is 3.02. The minimum absolute atomic E-state index is 0.0476. The Hall–Kier alpha value is -2.05. The molecule has 0 bridgehead atoms. The maximum absolute atomic E-state index is 12.9. The number of halogens is 1. The van der Waals surface area contributed by atoms with Gasteiger partial charge in [0.05, 0.1) is 17.7 Å². The van der Waals surface area contributed by atoms with Gasteiger partial charge in [0.15, 0.2) is 0 Å². The maximum atomic E-state index is 12.9. The predicted molar refractivity (Wildman–Crippen MR) is 89.2 cm³/mol. The fourth-order valence-electron chi connectivity index (χ4n) is 1.94. The Bertz CT molecular complexity index is 786. The van der Waals surface area contributed by atoms with E-state index in [4.69, 9.17) is 11.6 Å². The van der Waals surface area contributed by atoms with E-state index < -0.39 is 22.5 Å². The van der Waals surface area contributed by atoms with Crippen LogP contribution in [0, 0.1) is 6.92 Å². The molecule has 0 fully saturated rings. The van der Waals surface area contributed by atoms with E-state index in [-0.39, 0.29) is 4.90 Å². The topological polar surface area (TPSA) is 63.7 Å². The highest BCUT2D eigenvalue weighted by Crippen LogP contribution is 2.25. The summed E-state index contributed by atoms with van der Waals surface area (Å²) in [6.45, 7) is 1.48. The van der Waals surface area contributed by atoms with Crippen LogP contribution in [-0.4, -0.2) is 28.0 Å². The van der Waals surface area contributed by atoms with Crippen LogP contribution in [0.1, 0.15) is 5.56 Å². The molecule has 0 heterocycles. The van der Waals surface area contributed by atoms with E-state index >= 15 is 0 Å². The van der Waals surface area contributed by atoms with Gasteiger partial charge < -0.3 is 4.74 Å². The molecule has 0 spiro atoms. The summed E-state index contributed by atoms with van der Waals surface area (Å²) in [4.78, 5) is 11.7. The fraction of sp³-hybridized carbons (Fsp3) is 0.188. The molecule has 2 rings (SSSR count). The summed E-state index contributed by atoms with van der Waals surface area (Å²) in [7, 11) is -2.70. The second kappa shape index (κ2) is 7.02. The number of esters is 1.